The van der Waals surface area contributed by atoms with Gasteiger partial charge in [-0.1, -0.05) is 49.0 Å². The van der Waals surface area contributed by atoms with Gasteiger partial charge in [0.25, 0.3) is 0 Å². The molecule has 0 aromatic carbocycles. The van der Waals surface area contributed by atoms with E-state index in [0.29, 0.717) is 10.8 Å². The van der Waals surface area contributed by atoms with E-state index < -0.39 is 0 Å². The fourth-order valence-electron chi connectivity index (χ4n) is 3.96. The Kier molecular flexibility index (Phi) is 9.38. The second-order valence-corrected chi connectivity index (χ2v) is 10.4. The highest BCUT2D eigenvalue weighted by Gasteiger charge is 2.27. The first-order chi connectivity index (χ1) is 9.94. The van der Waals surface area contributed by atoms with Gasteiger partial charge < -0.3 is 9.80 Å². The summed E-state index contributed by atoms with van der Waals surface area (Å²) < 4.78 is 0. The van der Waals surface area contributed by atoms with Crippen molar-refractivity contribution in [3.63, 3.8) is 0 Å². The minimum absolute atomic E-state index is 0. The van der Waals surface area contributed by atoms with Gasteiger partial charge in [0.05, 0.1) is 0 Å². The smallest absolute Gasteiger partial charge is 0.00192 e. The van der Waals surface area contributed by atoms with Crippen LogP contribution in [0.25, 0.3) is 0 Å². The van der Waals surface area contributed by atoms with Crippen molar-refractivity contribution in [1.29, 1.82) is 0 Å². The van der Waals surface area contributed by atoms with Crippen LogP contribution in [0.15, 0.2) is 0 Å². The Morgan fingerprint density at radius 1 is 0.696 bits per heavy atom. The van der Waals surface area contributed by atoms with Crippen LogP contribution in [0.5, 0.6) is 0 Å². The summed E-state index contributed by atoms with van der Waals surface area (Å²) in [5.74, 6) is 1.96. The van der Waals surface area contributed by atoms with Gasteiger partial charge in [0.2, 0.25) is 0 Å². The summed E-state index contributed by atoms with van der Waals surface area (Å²) in [5.41, 5.74) is 1.06. The molecule has 23 heavy (non-hydrogen) atoms. The van der Waals surface area contributed by atoms with Gasteiger partial charge in [0.15, 0.2) is 0 Å². The molecular formula is C21H46N2. The summed E-state index contributed by atoms with van der Waals surface area (Å²) in [6.07, 6.45) is 5.61. The molecule has 2 rings (SSSR count). The van der Waals surface area contributed by atoms with Crippen LogP contribution in [-0.4, -0.2) is 50.1 Å². The topological polar surface area (TPSA) is 6.48 Å². The van der Waals surface area contributed by atoms with Crippen LogP contribution in [0.3, 0.4) is 0 Å². The van der Waals surface area contributed by atoms with Crippen LogP contribution in [0, 0.1) is 22.7 Å². The highest BCUT2D eigenvalue weighted by atomic mass is 15.2. The van der Waals surface area contributed by atoms with Crippen LogP contribution < -0.4 is 0 Å². The molecule has 0 spiro atoms. The Morgan fingerprint density at radius 3 is 1.43 bits per heavy atom. The summed E-state index contributed by atoms with van der Waals surface area (Å²) in [5, 5.41) is 0. The van der Waals surface area contributed by atoms with Gasteiger partial charge in [-0.15, -0.1) is 0 Å². The molecule has 2 nitrogen and oxygen atoms in total. The summed E-state index contributed by atoms with van der Waals surface area (Å²) >= 11 is 0. The van der Waals surface area contributed by atoms with Gasteiger partial charge >= 0.3 is 0 Å². The quantitative estimate of drug-likeness (QED) is 0.671. The third-order valence-electron chi connectivity index (χ3n) is 4.78. The first kappa shape index (κ1) is 22.9. The van der Waals surface area contributed by atoms with Gasteiger partial charge in [-0.25, -0.2) is 0 Å². The lowest BCUT2D eigenvalue weighted by Gasteiger charge is -2.39. The Balaban J connectivity index is 0.000000409. The van der Waals surface area contributed by atoms with Gasteiger partial charge in [0, 0.05) is 13.1 Å². The predicted octanol–water partition coefficient (Wildman–Crippen LogP) is 5.38. The molecule has 0 aliphatic carbocycles. The molecule has 2 saturated heterocycles. The summed E-state index contributed by atoms with van der Waals surface area (Å²) in [6, 6.07) is 0. The molecule has 0 amide bonds. The number of piperidine rings is 1. The molecule has 2 aliphatic heterocycles. The van der Waals surface area contributed by atoms with E-state index in [0.717, 1.165) is 11.8 Å². The fourth-order valence-corrected chi connectivity index (χ4v) is 3.96. The fraction of sp³-hybridized carbons (Fsp3) is 1.00. The van der Waals surface area contributed by atoms with Crippen molar-refractivity contribution >= 4 is 0 Å². The maximum Gasteiger partial charge on any atom is 0.00192 e. The average molecular weight is 327 g/mol. The van der Waals surface area contributed by atoms with Gasteiger partial charge in [0.1, 0.15) is 0 Å². The molecule has 0 saturated carbocycles. The third kappa shape index (κ3) is 11.2. The number of hydrogen-bond acceptors (Lipinski definition) is 2. The Labute approximate surface area is 148 Å². The zero-order chi connectivity index (χ0) is 17.0. The van der Waals surface area contributed by atoms with Gasteiger partial charge in [-0.3, -0.25) is 0 Å². The molecule has 2 heteroatoms. The van der Waals surface area contributed by atoms with Crippen molar-refractivity contribution in [3.8, 4) is 0 Å². The Bertz CT molecular complexity index is 297. The molecular weight excluding hydrogens is 280 g/mol. The molecule has 0 radical (unpaired) electrons. The molecule has 0 aromatic heterocycles. The van der Waals surface area contributed by atoms with E-state index in [1.165, 1.54) is 51.9 Å². The monoisotopic (exact) mass is 326 g/mol. The van der Waals surface area contributed by atoms with E-state index in [4.69, 9.17) is 0 Å². The lowest BCUT2D eigenvalue weighted by Crippen LogP contribution is -2.45. The van der Waals surface area contributed by atoms with Crippen molar-refractivity contribution in [2.24, 2.45) is 22.7 Å². The standard InChI is InChI=1S/C11H23N.C9H19N.CH4/c1-11(2,3)9-10-5-7-12(4)8-6-10;1-9(2,3)5-8-6-10(4)7-8;/h10H,5-9H2,1-4H3;8H,5-7H2,1-4H3;1H4. The highest BCUT2D eigenvalue weighted by Crippen LogP contribution is 2.30. The molecule has 0 bridgehead atoms. The predicted molar refractivity (Wildman–Crippen MR) is 106 cm³/mol. The molecule has 2 aliphatic rings. The maximum atomic E-state index is 2.44. The van der Waals surface area contributed by atoms with E-state index in [9.17, 15) is 0 Å². The molecule has 2 heterocycles. The number of hydrogen-bond donors (Lipinski definition) is 0. The van der Waals surface area contributed by atoms with Crippen molar-refractivity contribution in [3.05, 3.63) is 0 Å². The normalized spacial score (nSPS) is 21.9. The maximum absolute atomic E-state index is 2.44. The first-order valence-corrected chi connectivity index (χ1v) is 9.32. The van der Waals surface area contributed by atoms with Crippen molar-refractivity contribution in [2.45, 2.75) is 74.7 Å². The number of likely N-dealkylation sites (tertiary alicyclic amines) is 2. The molecule has 0 N–H and O–H groups in total. The third-order valence-corrected chi connectivity index (χ3v) is 4.78. The number of nitrogens with zero attached hydrogens (tertiary/aromatic N) is 2. The van der Waals surface area contributed by atoms with Crippen LogP contribution in [0.1, 0.15) is 74.7 Å². The van der Waals surface area contributed by atoms with E-state index in [2.05, 4.69) is 65.4 Å². The van der Waals surface area contributed by atoms with E-state index >= 15 is 0 Å². The molecule has 0 unspecified atom stereocenters. The molecule has 2 fully saturated rings. The van der Waals surface area contributed by atoms with E-state index in [1.807, 2.05) is 0 Å². The van der Waals surface area contributed by atoms with E-state index in [1.54, 1.807) is 0 Å². The lowest BCUT2D eigenvalue weighted by molar-refractivity contribution is 0.0955. The summed E-state index contributed by atoms with van der Waals surface area (Å²) in [6.45, 7) is 19.3. The zero-order valence-corrected chi connectivity index (χ0v) is 16.7. The first-order valence-electron chi connectivity index (χ1n) is 9.32. The molecule has 0 aromatic rings. The molecule has 140 valence electrons. The van der Waals surface area contributed by atoms with Crippen molar-refractivity contribution < 1.29 is 0 Å². The van der Waals surface area contributed by atoms with Crippen LogP contribution in [0.4, 0.5) is 0 Å². The average Bonchev–Trinajstić information content (AvgIpc) is 2.28. The second kappa shape index (κ2) is 9.42. The van der Waals surface area contributed by atoms with Crippen LogP contribution >= 0.6 is 0 Å². The minimum atomic E-state index is 0. The summed E-state index contributed by atoms with van der Waals surface area (Å²) in [4.78, 5) is 4.83. The largest absolute Gasteiger partial charge is 0.306 e. The van der Waals surface area contributed by atoms with E-state index in [-0.39, 0.29) is 7.43 Å². The van der Waals surface area contributed by atoms with Gasteiger partial charge in [-0.05, 0) is 75.5 Å². The Hall–Kier alpha value is -0.0800. The van der Waals surface area contributed by atoms with Crippen LogP contribution in [-0.2, 0) is 0 Å². The van der Waals surface area contributed by atoms with Gasteiger partial charge in [-0.2, -0.15) is 0 Å². The van der Waals surface area contributed by atoms with Crippen molar-refractivity contribution in [1.82, 2.24) is 9.80 Å². The SMILES string of the molecule is C.CN1CC(CC(C)(C)C)C1.CN1CCC(CC(C)(C)C)CC1. The van der Waals surface area contributed by atoms with Crippen molar-refractivity contribution in [2.75, 3.05) is 40.3 Å². The highest BCUT2D eigenvalue weighted by molar-refractivity contribution is 4.80. The minimum Gasteiger partial charge on any atom is -0.306 e. The molecule has 0 atom stereocenters. The lowest BCUT2D eigenvalue weighted by atomic mass is 9.80. The zero-order valence-electron chi connectivity index (χ0n) is 16.7. The second-order valence-electron chi connectivity index (χ2n) is 10.4. The van der Waals surface area contributed by atoms with Crippen LogP contribution in [0.2, 0.25) is 0 Å². The Morgan fingerprint density at radius 2 is 1.09 bits per heavy atom. The number of rotatable bonds is 2. The summed E-state index contributed by atoms with van der Waals surface area (Å²) in [7, 11) is 4.42.